The van der Waals surface area contributed by atoms with Gasteiger partial charge in [0.2, 0.25) is 0 Å². The molecule has 0 aliphatic carbocycles. The Morgan fingerprint density at radius 3 is 2.52 bits per heavy atom. The number of rotatable bonds is 4. The first-order valence-corrected chi connectivity index (χ1v) is 9.01. The van der Waals surface area contributed by atoms with E-state index in [1.165, 1.54) is 19.9 Å². The van der Waals surface area contributed by atoms with E-state index in [-0.39, 0.29) is 17.6 Å². The van der Waals surface area contributed by atoms with Crippen LogP contribution < -0.4 is 0 Å². The van der Waals surface area contributed by atoms with Crippen LogP contribution in [0.3, 0.4) is 0 Å². The van der Waals surface area contributed by atoms with Crippen LogP contribution in [-0.4, -0.2) is 57.7 Å². The van der Waals surface area contributed by atoms with E-state index in [9.17, 15) is 18.0 Å². The van der Waals surface area contributed by atoms with Crippen LogP contribution in [0.2, 0.25) is 0 Å². The maximum atomic E-state index is 12.9. The zero-order valence-corrected chi connectivity index (χ0v) is 14.6. The molecule has 0 spiro atoms. The van der Waals surface area contributed by atoms with E-state index in [0.29, 0.717) is 6.54 Å². The first kappa shape index (κ1) is 18.2. The Labute approximate surface area is 145 Å². The van der Waals surface area contributed by atoms with E-state index in [2.05, 4.69) is 10.00 Å². The Bertz CT molecular complexity index is 608. The lowest BCUT2D eigenvalue weighted by Gasteiger charge is -2.36. The van der Waals surface area contributed by atoms with Crippen LogP contribution in [0.25, 0.3) is 0 Å². The summed E-state index contributed by atoms with van der Waals surface area (Å²) in [6.45, 7) is 3.78. The number of hydrogen-bond donors (Lipinski definition) is 0. The molecule has 2 aliphatic rings. The average molecular weight is 358 g/mol. The molecule has 0 radical (unpaired) electrons. The Morgan fingerprint density at radius 2 is 1.88 bits per heavy atom. The molecule has 1 atom stereocenters. The first-order valence-electron chi connectivity index (χ1n) is 9.01. The van der Waals surface area contributed by atoms with Gasteiger partial charge in [0.15, 0.2) is 5.69 Å². The summed E-state index contributed by atoms with van der Waals surface area (Å²) < 4.78 is 39.6. The van der Waals surface area contributed by atoms with Gasteiger partial charge in [-0.05, 0) is 51.6 Å². The molecule has 140 valence electrons. The summed E-state index contributed by atoms with van der Waals surface area (Å²) in [6, 6.07) is 0.972. The third kappa shape index (κ3) is 4.16. The molecule has 0 saturated carbocycles. The van der Waals surface area contributed by atoms with Crippen molar-refractivity contribution >= 4 is 5.91 Å². The highest BCUT2D eigenvalue weighted by molar-refractivity contribution is 5.93. The summed E-state index contributed by atoms with van der Waals surface area (Å²) in [4.78, 5) is 17.0. The smallest absolute Gasteiger partial charge is 0.334 e. The summed E-state index contributed by atoms with van der Waals surface area (Å²) in [5, 5.41) is 3.47. The molecule has 2 fully saturated rings. The molecule has 5 nitrogen and oxygen atoms in total. The van der Waals surface area contributed by atoms with Gasteiger partial charge in [-0.15, -0.1) is 0 Å². The minimum absolute atomic E-state index is 0.0143. The monoisotopic (exact) mass is 358 g/mol. The first-order chi connectivity index (χ1) is 11.9. The van der Waals surface area contributed by atoms with Crippen molar-refractivity contribution in [3.8, 4) is 0 Å². The zero-order chi connectivity index (χ0) is 18.0. The van der Waals surface area contributed by atoms with Crippen molar-refractivity contribution in [1.29, 1.82) is 0 Å². The molecule has 1 amide bonds. The van der Waals surface area contributed by atoms with Gasteiger partial charge >= 0.3 is 6.18 Å². The van der Waals surface area contributed by atoms with Crippen LogP contribution in [0.15, 0.2) is 6.07 Å². The van der Waals surface area contributed by atoms with Crippen molar-refractivity contribution in [2.45, 2.75) is 50.7 Å². The number of nitrogens with zero attached hydrogens (tertiary/aromatic N) is 4. The SMILES string of the molecule is Cn1nc(C(F)(F)F)cc1C(=O)N1CCCCC1CCN1CCCC1. The van der Waals surface area contributed by atoms with Gasteiger partial charge in [-0.25, -0.2) is 0 Å². The van der Waals surface area contributed by atoms with E-state index in [1.807, 2.05) is 0 Å². The van der Waals surface area contributed by atoms with Crippen LogP contribution in [-0.2, 0) is 13.2 Å². The van der Waals surface area contributed by atoms with E-state index < -0.39 is 11.9 Å². The van der Waals surface area contributed by atoms with Crippen LogP contribution >= 0.6 is 0 Å². The van der Waals surface area contributed by atoms with Crippen LogP contribution in [0.1, 0.15) is 54.7 Å². The van der Waals surface area contributed by atoms with Crippen LogP contribution in [0.5, 0.6) is 0 Å². The molecule has 3 rings (SSSR count). The molecule has 8 heteroatoms. The van der Waals surface area contributed by atoms with Gasteiger partial charge in [0.05, 0.1) is 0 Å². The lowest BCUT2D eigenvalue weighted by Crippen LogP contribution is -2.45. The van der Waals surface area contributed by atoms with Gasteiger partial charge in [-0.3, -0.25) is 9.48 Å². The second kappa shape index (κ2) is 7.35. The highest BCUT2D eigenvalue weighted by Crippen LogP contribution is 2.29. The predicted octanol–water partition coefficient (Wildman–Crippen LogP) is 2.92. The second-order valence-electron chi connectivity index (χ2n) is 7.02. The Balaban J connectivity index is 1.71. The lowest BCUT2D eigenvalue weighted by molar-refractivity contribution is -0.141. The van der Waals surface area contributed by atoms with Crippen molar-refractivity contribution in [3.05, 3.63) is 17.5 Å². The zero-order valence-electron chi connectivity index (χ0n) is 14.6. The molecular weight excluding hydrogens is 333 g/mol. The number of piperidine rings is 1. The Hall–Kier alpha value is -1.57. The van der Waals surface area contributed by atoms with Crippen molar-refractivity contribution in [1.82, 2.24) is 19.6 Å². The molecule has 1 unspecified atom stereocenters. The number of aromatic nitrogens is 2. The van der Waals surface area contributed by atoms with Gasteiger partial charge in [0, 0.05) is 32.2 Å². The summed E-state index contributed by atoms with van der Waals surface area (Å²) >= 11 is 0. The molecule has 0 bridgehead atoms. The lowest BCUT2D eigenvalue weighted by atomic mass is 9.98. The summed E-state index contributed by atoms with van der Waals surface area (Å²) in [5.41, 5.74) is -0.996. The molecule has 0 aromatic carbocycles. The number of carbonyl (C=O) groups is 1. The van der Waals surface area contributed by atoms with E-state index >= 15 is 0 Å². The number of amides is 1. The summed E-state index contributed by atoms with van der Waals surface area (Å²) in [6.07, 6.45) is 1.68. The number of alkyl halides is 3. The fourth-order valence-electron chi connectivity index (χ4n) is 3.86. The molecule has 25 heavy (non-hydrogen) atoms. The minimum Gasteiger partial charge on any atom is -0.334 e. The van der Waals surface area contributed by atoms with Gasteiger partial charge in [0.1, 0.15) is 5.69 Å². The van der Waals surface area contributed by atoms with Gasteiger partial charge in [-0.1, -0.05) is 0 Å². The second-order valence-corrected chi connectivity index (χ2v) is 7.02. The van der Waals surface area contributed by atoms with Crippen molar-refractivity contribution < 1.29 is 18.0 Å². The number of halogens is 3. The van der Waals surface area contributed by atoms with Crippen molar-refractivity contribution in [2.24, 2.45) is 7.05 Å². The maximum Gasteiger partial charge on any atom is 0.435 e. The topological polar surface area (TPSA) is 41.4 Å². The summed E-state index contributed by atoms with van der Waals surface area (Å²) in [7, 11) is 1.39. The normalized spacial score (nSPS) is 22.6. The maximum absolute atomic E-state index is 12.9. The molecular formula is C17H25F3N4O. The Kier molecular flexibility index (Phi) is 5.36. The third-order valence-electron chi connectivity index (χ3n) is 5.25. The van der Waals surface area contributed by atoms with Crippen LogP contribution in [0.4, 0.5) is 13.2 Å². The highest BCUT2D eigenvalue weighted by Gasteiger charge is 2.37. The number of aryl methyl sites for hydroxylation is 1. The number of hydrogen-bond acceptors (Lipinski definition) is 3. The molecule has 2 saturated heterocycles. The van der Waals surface area contributed by atoms with E-state index in [4.69, 9.17) is 0 Å². The highest BCUT2D eigenvalue weighted by atomic mass is 19.4. The fraction of sp³-hybridized carbons (Fsp3) is 0.765. The van der Waals surface area contributed by atoms with Gasteiger partial charge < -0.3 is 9.80 Å². The van der Waals surface area contributed by atoms with Crippen LogP contribution in [0, 0.1) is 0 Å². The predicted molar refractivity (Wildman–Crippen MR) is 87.2 cm³/mol. The standard InChI is InChI=1S/C17H25F3N4O/c1-22-14(12-15(21-22)17(18,19)20)16(25)24-10-3-2-6-13(24)7-11-23-8-4-5-9-23/h12-13H,2-11H2,1H3. The number of likely N-dealkylation sites (tertiary alicyclic amines) is 2. The molecule has 1 aromatic heterocycles. The molecule has 0 N–H and O–H groups in total. The summed E-state index contributed by atoms with van der Waals surface area (Å²) in [5.74, 6) is -0.336. The quantitative estimate of drug-likeness (QED) is 0.831. The van der Waals surface area contributed by atoms with Gasteiger partial charge in [-0.2, -0.15) is 18.3 Å². The molecule has 3 heterocycles. The third-order valence-corrected chi connectivity index (χ3v) is 5.25. The van der Waals surface area contributed by atoms with E-state index in [1.54, 1.807) is 4.90 Å². The fourth-order valence-corrected chi connectivity index (χ4v) is 3.86. The van der Waals surface area contributed by atoms with Gasteiger partial charge in [0.25, 0.3) is 5.91 Å². The molecule has 1 aromatic rings. The minimum atomic E-state index is -4.53. The van der Waals surface area contributed by atoms with E-state index in [0.717, 1.165) is 56.1 Å². The largest absolute Gasteiger partial charge is 0.435 e. The molecule has 2 aliphatic heterocycles. The Morgan fingerprint density at radius 1 is 1.20 bits per heavy atom. The average Bonchev–Trinajstić information content (AvgIpc) is 3.21. The van der Waals surface area contributed by atoms with Crippen molar-refractivity contribution in [2.75, 3.05) is 26.2 Å². The van der Waals surface area contributed by atoms with Crippen molar-refractivity contribution in [3.63, 3.8) is 0 Å². The number of carbonyl (C=O) groups excluding carboxylic acids is 1.